The van der Waals surface area contributed by atoms with Crippen LogP contribution in [0.3, 0.4) is 0 Å². The van der Waals surface area contributed by atoms with E-state index < -0.39 is 40.0 Å². The summed E-state index contributed by atoms with van der Waals surface area (Å²) >= 11 is 5.90. The Morgan fingerprint density at radius 3 is 2.27 bits per heavy atom. The highest BCUT2D eigenvalue weighted by Gasteiger charge is 2.59. The van der Waals surface area contributed by atoms with E-state index in [0.717, 1.165) is 43.1 Å². The molecule has 0 bridgehead atoms. The minimum absolute atomic E-state index is 0.122. The second-order valence-corrected chi connectivity index (χ2v) is 7.41. The van der Waals surface area contributed by atoms with Crippen molar-refractivity contribution in [2.24, 2.45) is 0 Å². The SMILES string of the molecule is OC(c1cncnc1)(c1ccc(F)cc1F)C(F)(F)c1ccc(Oc2cccc(Cl)c2)cn1. The van der Waals surface area contributed by atoms with E-state index in [1.54, 1.807) is 18.2 Å². The van der Waals surface area contributed by atoms with Crippen LogP contribution < -0.4 is 4.74 Å². The molecule has 0 saturated heterocycles. The van der Waals surface area contributed by atoms with Gasteiger partial charge in [0.2, 0.25) is 0 Å². The smallest absolute Gasteiger partial charge is 0.326 e. The molecule has 0 spiro atoms. The number of nitrogens with zero attached hydrogens (tertiary/aromatic N) is 3. The monoisotopic (exact) mass is 475 g/mol. The highest BCUT2D eigenvalue weighted by Crippen LogP contribution is 2.49. The van der Waals surface area contributed by atoms with E-state index >= 15 is 8.78 Å². The summed E-state index contributed by atoms with van der Waals surface area (Å²) in [5.41, 5.74) is -5.57. The first-order valence-electron chi connectivity index (χ1n) is 9.43. The maximum Gasteiger partial charge on any atom is 0.326 e. The minimum atomic E-state index is -4.19. The summed E-state index contributed by atoms with van der Waals surface area (Å²) in [6, 6.07) is 10.5. The van der Waals surface area contributed by atoms with E-state index in [2.05, 4.69) is 15.0 Å². The van der Waals surface area contributed by atoms with Crippen molar-refractivity contribution in [2.45, 2.75) is 11.5 Å². The molecule has 0 amide bonds. The van der Waals surface area contributed by atoms with Crippen LogP contribution in [0.25, 0.3) is 0 Å². The Morgan fingerprint density at radius 1 is 0.879 bits per heavy atom. The van der Waals surface area contributed by atoms with Gasteiger partial charge in [-0.25, -0.2) is 18.7 Å². The van der Waals surface area contributed by atoms with Gasteiger partial charge >= 0.3 is 5.92 Å². The van der Waals surface area contributed by atoms with E-state index in [1.807, 2.05) is 0 Å². The third-order valence-corrected chi connectivity index (χ3v) is 5.08. The number of aromatic nitrogens is 3. The maximum atomic E-state index is 15.8. The summed E-state index contributed by atoms with van der Waals surface area (Å²) in [5, 5.41) is 11.7. The Kier molecular flexibility index (Phi) is 6.01. The van der Waals surface area contributed by atoms with Crippen LogP contribution in [0.2, 0.25) is 5.02 Å². The van der Waals surface area contributed by atoms with E-state index in [1.165, 1.54) is 12.1 Å². The van der Waals surface area contributed by atoms with Gasteiger partial charge in [0.25, 0.3) is 0 Å². The summed E-state index contributed by atoms with van der Waals surface area (Å²) in [5.74, 6) is -6.08. The number of alkyl halides is 2. The Hall–Kier alpha value is -3.56. The van der Waals surface area contributed by atoms with E-state index in [0.29, 0.717) is 16.8 Å². The standard InChI is InChI=1S/C23H14ClF4N3O2/c24-15-2-1-3-17(8-15)33-18-5-7-21(31-12-18)23(27,28)22(32,14-10-29-13-30-11-14)19-6-4-16(25)9-20(19)26/h1-13,32H. The first-order chi connectivity index (χ1) is 15.7. The quantitative estimate of drug-likeness (QED) is 0.366. The van der Waals surface area contributed by atoms with Gasteiger partial charge in [0.15, 0.2) is 5.60 Å². The maximum absolute atomic E-state index is 15.8. The van der Waals surface area contributed by atoms with Crippen LogP contribution in [0.1, 0.15) is 16.8 Å². The fourth-order valence-electron chi connectivity index (χ4n) is 3.25. The van der Waals surface area contributed by atoms with Crippen LogP contribution >= 0.6 is 11.6 Å². The van der Waals surface area contributed by atoms with Gasteiger partial charge in [-0.05, 0) is 42.5 Å². The largest absolute Gasteiger partial charge is 0.456 e. The summed E-state index contributed by atoms with van der Waals surface area (Å²) in [4.78, 5) is 11.0. The molecule has 1 unspecified atom stereocenters. The Balaban J connectivity index is 1.77. The lowest BCUT2D eigenvalue weighted by molar-refractivity contribution is -0.175. The number of aliphatic hydroxyl groups is 1. The molecule has 10 heteroatoms. The van der Waals surface area contributed by atoms with Crippen molar-refractivity contribution in [1.29, 1.82) is 0 Å². The van der Waals surface area contributed by atoms with Crippen molar-refractivity contribution in [1.82, 2.24) is 15.0 Å². The zero-order valence-electron chi connectivity index (χ0n) is 16.6. The zero-order valence-corrected chi connectivity index (χ0v) is 17.3. The number of hydrogen-bond acceptors (Lipinski definition) is 5. The topological polar surface area (TPSA) is 68.1 Å². The molecule has 2 aromatic heterocycles. The number of rotatable bonds is 6. The number of halogens is 5. The number of hydrogen-bond donors (Lipinski definition) is 1. The molecule has 1 atom stereocenters. The third-order valence-electron chi connectivity index (χ3n) is 4.84. The van der Waals surface area contributed by atoms with Gasteiger partial charge in [-0.2, -0.15) is 8.78 Å². The second-order valence-electron chi connectivity index (χ2n) is 6.97. The highest BCUT2D eigenvalue weighted by molar-refractivity contribution is 6.30. The van der Waals surface area contributed by atoms with Gasteiger partial charge in [-0.15, -0.1) is 0 Å². The van der Waals surface area contributed by atoms with E-state index in [9.17, 15) is 13.9 Å². The predicted octanol–water partition coefficient (Wildman–Crippen LogP) is 5.62. The minimum Gasteiger partial charge on any atom is -0.456 e. The van der Waals surface area contributed by atoms with E-state index in [4.69, 9.17) is 16.3 Å². The van der Waals surface area contributed by atoms with Gasteiger partial charge < -0.3 is 9.84 Å². The Morgan fingerprint density at radius 2 is 1.64 bits per heavy atom. The first-order valence-corrected chi connectivity index (χ1v) is 9.81. The molecule has 1 N–H and O–H groups in total. The lowest BCUT2D eigenvalue weighted by Crippen LogP contribution is -2.45. The first kappa shape index (κ1) is 22.6. The average Bonchev–Trinajstić information content (AvgIpc) is 2.79. The van der Waals surface area contributed by atoms with Crippen molar-refractivity contribution in [2.75, 3.05) is 0 Å². The molecule has 4 rings (SSSR count). The number of benzene rings is 2. The average molecular weight is 476 g/mol. The Labute approximate surface area is 190 Å². The molecule has 0 fully saturated rings. The molecule has 0 radical (unpaired) electrons. The summed E-state index contributed by atoms with van der Waals surface area (Å²) < 4.78 is 65.1. The lowest BCUT2D eigenvalue weighted by Gasteiger charge is -2.36. The van der Waals surface area contributed by atoms with Crippen LogP contribution in [0.5, 0.6) is 11.5 Å². The van der Waals surface area contributed by atoms with Crippen molar-refractivity contribution < 1.29 is 27.4 Å². The van der Waals surface area contributed by atoms with Crippen LogP contribution in [0.15, 0.2) is 79.5 Å². The third kappa shape index (κ3) is 4.24. The fourth-order valence-corrected chi connectivity index (χ4v) is 3.43. The molecule has 168 valence electrons. The molecular weight excluding hydrogens is 462 g/mol. The molecule has 0 aliphatic carbocycles. The Bertz CT molecular complexity index is 1280. The summed E-state index contributed by atoms with van der Waals surface area (Å²) in [6.07, 6.45) is 3.91. The molecule has 0 aliphatic rings. The molecular formula is C23H14ClF4N3O2. The lowest BCUT2D eigenvalue weighted by atomic mass is 9.80. The molecule has 0 saturated carbocycles. The van der Waals surface area contributed by atoms with Gasteiger partial charge in [0, 0.05) is 34.6 Å². The normalized spacial score (nSPS) is 13.4. The van der Waals surface area contributed by atoms with Crippen molar-refractivity contribution in [3.63, 3.8) is 0 Å². The van der Waals surface area contributed by atoms with E-state index in [-0.39, 0.29) is 5.75 Å². The van der Waals surface area contributed by atoms with Gasteiger partial charge in [0.05, 0.1) is 6.20 Å². The predicted molar refractivity (Wildman–Crippen MR) is 111 cm³/mol. The fraction of sp³-hybridized carbons (Fsp3) is 0.0870. The highest BCUT2D eigenvalue weighted by atomic mass is 35.5. The summed E-state index contributed by atoms with van der Waals surface area (Å²) in [6.45, 7) is 0. The van der Waals surface area contributed by atoms with Crippen LogP contribution in [-0.2, 0) is 11.5 Å². The summed E-state index contributed by atoms with van der Waals surface area (Å²) in [7, 11) is 0. The molecule has 5 nitrogen and oxygen atoms in total. The van der Waals surface area contributed by atoms with Gasteiger partial charge in [-0.3, -0.25) is 4.98 Å². The van der Waals surface area contributed by atoms with Gasteiger partial charge in [-0.1, -0.05) is 17.7 Å². The van der Waals surface area contributed by atoms with Crippen molar-refractivity contribution in [3.05, 3.63) is 113 Å². The van der Waals surface area contributed by atoms with Crippen molar-refractivity contribution in [3.8, 4) is 11.5 Å². The van der Waals surface area contributed by atoms with Crippen LogP contribution in [-0.4, -0.2) is 20.1 Å². The molecule has 0 aliphatic heterocycles. The van der Waals surface area contributed by atoms with Crippen LogP contribution in [0.4, 0.5) is 17.6 Å². The molecule has 33 heavy (non-hydrogen) atoms. The second kappa shape index (κ2) is 8.76. The number of pyridine rings is 1. The molecule has 2 aromatic carbocycles. The molecule has 4 aromatic rings. The van der Waals surface area contributed by atoms with Gasteiger partial charge in [0.1, 0.15) is 35.2 Å². The van der Waals surface area contributed by atoms with Crippen LogP contribution in [0, 0.1) is 11.6 Å². The van der Waals surface area contributed by atoms with Crippen molar-refractivity contribution >= 4 is 11.6 Å². The zero-order chi connectivity index (χ0) is 23.6. The molecule has 2 heterocycles. The number of ether oxygens (including phenoxy) is 1.